The number of likely N-dealkylation sites (tertiary alicyclic amines) is 1. The van der Waals surface area contributed by atoms with Crippen LogP contribution in [-0.4, -0.2) is 28.9 Å². The van der Waals surface area contributed by atoms with E-state index in [4.69, 9.17) is 0 Å². The molecule has 92 valence electrons. The molecule has 1 aliphatic heterocycles. The Morgan fingerprint density at radius 3 is 2.78 bits per heavy atom. The Morgan fingerprint density at radius 1 is 1.17 bits per heavy atom. The monoisotopic (exact) mass is 240 g/mol. The van der Waals surface area contributed by atoms with Crippen LogP contribution in [0.2, 0.25) is 0 Å². The number of hydrogen-bond donors (Lipinski definition) is 0. The number of carbonyl (C=O) groups excluding carboxylic acids is 1. The second-order valence-corrected chi connectivity index (χ2v) is 4.76. The van der Waals surface area contributed by atoms with Crippen molar-refractivity contribution in [2.75, 3.05) is 13.1 Å². The summed E-state index contributed by atoms with van der Waals surface area (Å²) in [7, 11) is 0. The second-order valence-electron chi connectivity index (χ2n) is 4.76. The van der Waals surface area contributed by atoms with E-state index in [0.717, 1.165) is 42.4 Å². The van der Waals surface area contributed by atoms with Gasteiger partial charge in [0, 0.05) is 24.7 Å². The molecule has 0 unspecified atom stereocenters. The van der Waals surface area contributed by atoms with E-state index in [1.54, 1.807) is 6.20 Å². The predicted molar refractivity (Wildman–Crippen MR) is 71.3 cm³/mol. The Balaban J connectivity index is 1.88. The summed E-state index contributed by atoms with van der Waals surface area (Å²) in [5, 5.41) is 1.10. The maximum atomic E-state index is 12.2. The molecule has 1 aliphatic rings. The number of pyridine rings is 1. The fraction of sp³-hybridized carbons (Fsp3) is 0.333. The summed E-state index contributed by atoms with van der Waals surface area (Å²) in [6, 6.07) is 9.99. The number of aromatic nitrogens is 1. The fourth-order valence-electron chi connectivity index (χ4n) is 2.55. The Hall–Kier alpha value is -1.90. The van der Waals surface area contributed by atoms with E-state index in [1.807, 2.05) is 35.2 Å². The number of nitrogens with zero attached hydrogens (tertiary/aromatic N) is 2. The van der Waals surface area contributed by atoms with Gasteiger partial charge in [0.25, 0.3) is 0 Å². The molecule has 3 nitrogen and oxygen atoms in total. The molecule has 3 rings (SSSR count). The SMILES string of the molecule is O=C(Cc1cccc2cccnc12)N1CCCC1. The molecule has 0 aliphatic carbocycles. The second kappa shape index (κ2) is 4.77. The van der Waals surface area contributed by atoms with Crippen LogP contribution in [0.25, 0.3) is 10.9 Å². The fourth-order valence-corrected chi connectivity index (χ4v) is 2.55. The standard InChI is InChI=1S/C15H16N2O/c18-14(17-9-1-2-10-17)11-13-6-3-5-12-7-4-8-16-15(12)13/h3-8H,1-2,9-11H2. The van der Waals surface area contributed by atoms with Gasteiger partial charge in [0.1, 0.15) is 0 Å². The molecule has 18 heavy (non-hydrogen) atoms. The number of benzene rings is 1. The van der Waals surface area contributed by atoms with Gasteiger partial charge in [-0.25, -0.2) is 0 Å². The molecular formula is C15H16N2O. The Labute approximate surface area is 106 Å². The zero-order chi connectivity index (χ0) is 12.4. The molecule has 0 bridgehead atoms. The first-order valence-electron chi connectivity index (χ1n) is 6.45. The first kappa shape index (κ1) is 11.2. The van der Waals surface area contributed by atoms with E-state index in [-0.39, 0.29) is 5.91 Å². The lowest BCUT2D eigenvalue weighted by molar-refractivity contribution is -0.129. The van der Waals surface area contributed by atoms with Crippen LogP contribution in [0.5, 0.6) is 0 Å². The number of para-hydroxylation sites is 1. The molecule has 1 fully saturated rings. The quantitative estimate of drug-likeness (QED) is 0.807. The highest BCUT2D eigenvalue weighted by molar-refractivity contribution is 5.87. The van der Waals surface area contributed by atoms with Gasteiger partial charge in [0.15, 0.2) is 0 Å². The van der Waals surface area contributed by atoms with Gasteiger partial charge in [-0.05, 0) is 24.5 Å². The topological polar surface area (TPSA) is 33.2 Å². The van der Waals surface area contributed by atoms with Crippen LogP contribution >= 0.6 is 0 Å². The van der Waals surface area contributed by atoms with Gasteiger partial charge in [0.05, 0.1) is 11.9 Å². The van der Waals surface area contributed by atoms with Gasteiger partial charge in [-0.1, -0.05) is 24.3 Å². The molecule has 0 radical (unpaired) electrons. The van der Waals surface area contributed by atoms with Gasteiger partial charge in [0.2, 0.25) is 5.91 Å². The maximum Gasteiger partial charge on any atom is 0.227 e. The van der Waals surface area contributed by atoms with Crippen LogP contribution in [0.1, 0.15) is 18.4 Å². The highest BCUT2D eigenvalue weighted by atomic mass is 16.2. The molecule has 3 heteroatoms. The van der Waals surface area contributed by atoms with Crippen molar-refractivity contribution >= 4 is 16.8 Å². The third-order valence-corrected chi connectivity index (χ3v) is 3.52. The number of fused-ring (bicyclic) bond motifs is 1. The van der Waals surface area contributed by atoms with Crippen molar-refractivity contribution in [2.45, 2.75) is 19.3 Å². The molecule has 0 N–H and O–H groups in total. The minimum absolute atomic E-state index is 0.227. The maximum absolute atomic E-state index is 12.2. The smallest absolute Gasteiger partial charge is 0.227 e. The van der Waals surface area contributed by atoms with E-state index in [0.29, 0.717) is 6.42 Å². The lowest BCUT2D eigenvalue weighted by atomic mass is 10.1. The van der Waals surface area contributed by atoms with Crippen molar-refractivity contribution in [3.63, 3.8) is 0 Å². The Bertz CT molecular complexity index is 568. The summed E-state index contributed by atoms with van der Waals surface area (Å²) >= 11 is 0. The van der Waals surface area contributed by atoms with E-state index in [9.17, 15) is 4.79 Å². The van der Waals surface area contributed by atoms with Gasteiger partial charge in [-0.2, -0.15) is 0 Å². The van der Waals surface area contributed by atoms with Crippen LogP contribution in [0.15, 0.2) is 36.5 Å². The normalized spacial score (nSPS) is 15.2. The highest BCUT2D eigenvalue weighted by Gasteiger charge is 2.18. The average molecular weight is 240 g/mol. The third-order valence-electron chi connectivity index (χ3n) is 3.52. The van der Waals surface area contributed by atoms with Crippen LogP contribution in [0.3, 0.4) is 0 Å². The lowest BCUT2D eigenvalue weighted by Crippen LogP contribution is -2.29. The number of hydrogen-bond acceptors (Lipinski definition) is 2. The number of carbonyl (C=O) groups is 1. The molecule has 1 aromatic heterocycles. The predicted octanol–water partition coefficient (Wildman–Crippen LogP) is 2.40. The number of rotatable bonds is 2. The van der Waals surface area contributed by atoms with Crippen LogP contribution < -0.4 is 0 Å². The van der Waals surface area contributed by atoms with Gasteiger partial charge in [-0.15, -0.1) is 0 Å². The zero-order valence-electron chi connectivity index (χ0n) is 10.3. The molecule has 0 saturated carbocycles. The van der Waals surface area contributed by atoms with E-state index in [2.05, 4.69) is 4.98 Å². The minimum atomic E-state index is 0.227. The molecule has 2 aromatic rings. The summed E-state index contributed by atoms with van der Waals surface area (Å²) in [6.07, 6.45) is 4.53. The van der Waals surface area contributed by atoms with Gasteiger partial charge in [-0.3, -0.25) is 9.78 Å². The van der Waals surface area contributed by atoms with Crippen molar-refractivity contribution in [3.05, 3.63) is 42.1 Å². The molecule has 1 saturated heterocycles. The van der Waals surface area contributed by atoms with Crippen LogP contribution in [0, 0.1) is 0 Å². The molecule has 2 heterocycles. The third kappa shape index (κ3) is 2.08. The molecule has 0 spiro atoms. The molecule has 1 aromatic carbocycles. The van der Waals surface area contributed by atoms with Crippen molar-refractivity contribution in [1.29, 1.82) is 0 Å². The Kier molecular flexibility index (Phi) is 2.97. The largest absolute Gasteiger partial charge is 0.342 e. The minimum Gasteiger partial charge on any atom is -0.342 e. The first-order valence-corrected chi connectivity index (χ1v) is 6.45. The summed E-state index contributed by atoms with van der Waals surface area (Å²) < 4.78 is 0. The first-order chi connectivity index (χ1) is 8.84. The average Bonchev–Trinajstić information content (AvgIpc) is 2.93. The molecule has 0 atom stereocenters. The van der Waals surface area contributed by atoms with Crippen LogP contribution in [0.4, 0.5) is 0 Å². The summed E-state index contributed by atoms with van der Waals surface area (Å²) in [5.41, 5.74) is 1.98. The van der Waals surface area contributed by atoms with Gasteiger partial charge < -0.3 is 4.90 Å². The molecule has 1 amide bonds. The highest BCUT2D eigenvalue weighted by Crippen LogP contribution is 2.18. The van der Waals surface area contributed by atoms with Crippen LogP contribution in [-0.2, 0) is 11.2 Å². The van der Waals surface area contributed by atoms with Crippen molar-refractivity contribution in [1.82, 2.24) is 9.88 Å². The summed E-state index contributed by atoms with van der Waals surface area (Å²) in [4.78, 5) is 18.5. The van der Waals surface area contributed by atoms with E-state index >= 15 is 0 Å². The summed E-state index contributed by atoms with van der Waals surface area (Å²) in [6.45, 7) is 1.83. The lowest BCUT2D eigenvalue weighted by Gasteiger charge is -2.15. The van der Waals surface area contributed by atoms with Crippen molar-refractivity contribution < 1.29 is 4.79 Å². The molecular weight excluding hydrogens is 224 g/mol. The van der Waals surface area contributed by atoms with E-state index < -0.39 is 0 Å². The number of amides is 1. The van der Waals surface area contributed by atoms with Crippen molar-refractivity contribution in [3.8, 4) is 0 Å². The summed E-state index contributed by atoms with van der Waals surface area (Å²) in [5.74, 6) is 0.227. The zero-order valence-corrected chi connectivity index (χ0v) is 10.3. The van der Waals surface area contributed by atoms with E-state index in [1.165, 1.54) is 0 Å². The van der Waals surface area contributed by atoms with Crippen molar-refractivity contribution in [2.24, 2.45) is 0 Å². The van der Waals surface area contributed by atoms with Gasteiger partial charge >= 0.3 is 0 Å². The Morgan fingerprint density at radius 2 is 1.94 bits per heavy atom.